The fraction of sp³-hybridized carbons (Fsp3) is 0.833. The van der Waals surface area contributed by atoms with E-state index in [-0.39, 0.29) is 5.92 Å². The van der Waals surface area contributed by atoms with Gasteiger partial charge in [-0.2, -0.15) is 0 Å². The second-order valence-corrected chi connectivity index (χ2v) is 5.76. The quantitative estimate of drug-likeness (QED) is 0.686. The molecule has 0 spiro atoms. The first-order valence-corrected chi connectivity index (χ1v) is 6.13. The van der Waals surface area contributed by atoms with Crippen LogP contribution in [0.5, 0.6) is 0 Å². The predicted molar refractivity (Wildman–Crippen MR) is 66.4 cm³/mol. The second-order valence-electron chi connectivity index (χ2n) is 5.76. The highest BCUT2D eigenvalue weighted by molar-refractivity contribution is 5.85. The molecule has 18 heavy (non-hydrogen) atoms. The second kappa shape index (κ2) is 5.14. The van der Waals surface area contributed by atoms with E-state index in [0.717, 1.165) is 0 Å². The van der Waals surface area contributed by atoms with E-state index in [9.17, 15) is 14.7 Å². The molecular formula is C12H22N2O4. The van der Waals surface area contributed by atoms with Crippen LogP contribution in [0.15, 0.2) is 0 Å². The van der Waals surface area contributed by atoms with Gasteiger partial charge in [0.1, 0.15) is 11.1 Å². The van der Waals surface area contributed by atoms with Gasteiger partial charge in [0.25, 0.3) is 0 Å². The first-order chi connectivity index (χ1) is 8.17. The SMILES string of the molecule is CC1CNCCC1(NC(=O)OC(C)(C)C)C(=O)O. The molecule has 3 N–H and O–H groups in total. The van der Waals surface area contributed by atoms with Gasteiger partial charge in [0.15, 0.2) is 0 Å². The summed E-state index contributed by atoms with van der Waals surface area (Å²) in [7, 11) is 0. The first-order valence-electron chi connectivity index (χ1n) is 6.13. The molecule has 0 aromatic heterocycles. The van der Waals surface area contributed by atoms with Crippen molar-refractivity contribution in [3.8, 4) is 0 Å². The maximum atomic E-state index is 11.8. The van der Waals surface area contributed by atoms with Gasteiger partial charge in [0.05, 0.1) is 0 Å². The molecule has 6 heteroatoms. The fourth-order valence-electron chi connectivity index (χ4n) is 2.07. The number of alkyl carbamates (subject to hydrolysis) is 1. The summed E-state index contributed by atoms with van der Waals surface area (Å²) >= 11 is 0. The third-order valence-corrected chi connectivity index (χ3v) is 3.09. The highest BCUT2D eigenvalue weighted by Crippen LogP contribution is 2.25. The summed E-state index contributed by atoms with van der Waals surface area (Å²) in [6.45, 7) is 8.15. The zero-order valence-electron chi connectivity index (χ0n) is 11.4. The van der Waals surface area contributed by atoms with Crippen molar-refractivity contribution in [2.45, 2.75) is 45.3 Å². The number of nitrogens with one attached hydrogen (secondary N) is 2. The number of aliphatic carboxylic acids is 1. The van der Waals surface area contributed by atoms with Crippen molar-refractivity contribution in [1.29, 1.82) is 0 Å². The minimum absolute atomic E-state index is 0.198. The standard InChI is InChI=1S/C12H22N2O4/c1-8-7-13-6-5-12(8,9(15)16)14-10(17)18-11(2,3)4/h8,13H,5-7H2,1-4H3,(H,14,17)(H,15,16). The first kappa shape index (κ1) is 14.8. The highest BCUT2D eigenvalue weighted by atomic mass is 16.6. The van der Waals surface area contributed by atoms with Crippen LogP contribution in [-0.4, -0.2) is 41.4 Å². The maximum Gasteiger partial charge on any atom is 0.408 e. The van der Waals surface area contributed by atoms with Crippen LogP contribution in [0.25, 0.3) is 0 Å². The van der Waals surface area contributed by atoms with Gasteiger partial charge in [-0.3, -0.25) is 0 Å². The Hall–Kier alpha value is -1.30. The van der Waals surface area contributed by atoms with Crippen molar-refractivity contribution >= 4 is 12.1 Å². The van der Waals surface area contributed by atoms with Crippen molar-refractivity contribution in [2.24, 2.45) is 5.92 Å². The molecule has 104 valence electrons. The number of carboxylic acids is 1. The molecule has 1 saturated heterocycles. The average Bonchev–Trinajstić information content (AvgIpc) is 2.18. The third kappa shape index (κ3) is 3.35. The van der Waals surface area contributed by atoms with Gasteiger partial charge in [-0.15, -0.1) is 0 Å². The summed E-state index contributed by atoms with van der Waals surface area (Å²) in [5, 5.41) is 15.1. The summed E-state index contributed by atoms with van der Waals surface area (Å²) in [4.78, 5) is 23.3. The number of carboxylic acid groups (broad SMARTS) is 1. The number of carbonyl (C=O) groups excluding carboxylic acids is 1. The normalized spacial score (nSPS) is 28.6. The summed E-state index contributed by atoms with van der Waals surface area (Å²) in [6.07, 6.45) is -0.332. The third-order valence-electron chi connectivity index (χ3n) is 3.09. The molecule has 1 amide bonds. The zero-order chi connectivity index (χ0) is 14.0. The lowest BCUT2D eigenvalue weighted by Crippen LogP contribution is -2.64. The molecule has 1 aliphatic heterocycles. The minimum atomic E-state index is -1.24. The Morgan fingerprint density at radius 3 is 2.50 bits per heavy atom. The number of ether oxygens (including phenoxy) is 1. The van der Waals surface area contributed by atoms with Crippen LogP contribution in [0, 0.1) is 5.92 Å². The lowest BCUT2D eigenvalue weighted by molar-refractivity contribution is -0.148. The van der Waals surface area contributed by atoms with E-state index in [1.807, 2.05) is 0 Å². The Bertz CT molecular complexity index is 337. The Morgan fingerprint density at radius 2 is 2.06 bits per heavy atom. The zero-order valence-corrected chi connectivity index (χ0v) is 11.4. The van der Waals surface area contributed by atoms with E-state index in [4.69, 9.17) is 4.74 Å². The van der Waals surface area contributed by atoms with E-state index < -0.39 is 23.2 Å². The lowest BCUT2D eigenvalue weighted by atomic mass is 9.79. The van der Waals surface area contributed by atoms with E-state index in [1.54, 1.807) is 27.7 Å². The number of piperidine rings is 1. The molecule has 2 unspecified atom stereocenters. The van der Waals surface area contributed by atoms with Gasteiger partial charge < -0.3 is 20.5 Å². The van der Waals surface area contributed by atoms with E-state index in [2.05, 4.69) is 10.6 Å². The Morgan fingerprint density at radius 1 is 1.44 bits per heavy atom. The van der Waals surface area contributed by atoms with Gasteiger partial charge in [0, 0.05) is 12.5 Å². The number of amides is 1. The van der Waals surface area contributed by atoms with Crippen LogP contribution in [-0.2, 0) is 9.53 Å². The molecule has 0 saturated carbocycles. The summed E-state index contributed by atoms with van der Waals surface area (Å²) in [6, 6.07) is 0. The molecule has 0 aromatic carbocycles. The molecule has 6 nitrogen and oxygen atoms in total. The Kier molecular flexibility index (Phi) is 4.21. The van der Waals surface area contributed by atoms with E-state index in [1.165, 1.54) is 0 Å². The van der Waals surface area contributed by atoms with Crippen LogP contribution < -0.4 is 10.6 Å². The smallest absolute Gasteiger partial charge is 0.408 e. The van der Waals surface area contributed by atoms with Gasteiger partial charge in [-0.05, 0) is 33.7 Å². The number of carbonyl (C=O) groups is 2. The van der Waals surface area contributed by atoms with Crippen molar-refractivity contribution in [3.63, 3.8) is 0 Å². The Balaban J connectivity index is 2.80. The maximum absolute atomic E-state index is 11.8. The van der Waals surface area contributed by atoms with Crippen molar-refractivity contribution in [1.82, 2.24) is 10.6 Å². The average molecular weight is 258 g/mol. The van der Waals surface area contributed by atoms with Crippen molar-refractivity contribution in [2.75, 3.05) is 13.1 Å². The van der Waals surface area contributed by atoms with Crippen LogP contribution in [0.3, 0.4) is 0 Å². The Labute approximate surface area is 107 Å². The van der Waals surface area contributed by atoms with Gasteiger partial charge in [0.2, 0.25) is 0 Å². The molecule has 1 rings (SSSR count). The van der Waals surface area contributed by atoms with Gasteiger partial charge in [-0.25, -0.2) is 9.59 Å². The van der Waals surface area contributed by atoms with E-state index in [0.29, 0.717) is 19.5 Å². The topological polar surface area (TPSA) is 87.7 Å². The number of hydrogen-bond donors (Lipinski definition) is 3. The molecule has 0 radical (unpaired) electrons. The van der Waals surface area contributed by atoms with Crippen LogP contribution in [0.2, 0.25) is 0 Å². The number of rotatable bonds is 2. The molecule has 0 aromatic rings. The summed E-state index contributed by atoms with van der Waals surface area (Å²) in [5.41, 5.74) is -1.88. The van der Waals surface area contributed by atoms with Gasteiger partial charge >= 0.3 is 12.1 Å². The molecule has 0 aliphatic carbocycles. The van der Waals surface area contributed by atoms with Gasteiger partial charge in [-0.1, -0.05) is 6.92 Å². The largest absolute Gasteiger partial charge is 0.479 e. The monoisotopic (exact) mass is 258 g/mol. The number of hydrogen-bond acceptors (Lipinski definition) is 4. The predicted octanol–water partition coefficient (Wildman–Crippen LogP) is 0.964. The lowest BCUT2D eigenvalue weighted by Gasteiger charge is -2.40. The minimum Gasteiger partial charge on any atom is -0.479 e. The molecule has 2 atom stereocenters. The van der Waals surface area contributed by atoms with E-state index >= 15 is 0 Å². The van der Waals surface area contributed by atoms with Crippen LogP contribution in [0.4, 0.5) is 4.79 Å². The molecule has 1 fully saturated rings. The molecule has 1 aliphatic rings. The molecular weight excluding hydrogens is 236 g/mol. The molecule has 0 bridgehead atoms. The summed E-state index contributed by atoms with van der Waals surface area (Å²) in [5.74, 6) is -1.21. The van der Waals surface area contributed by atoms with Crippen molar-refractivity contribution < 1.29 is 19.4 Å². The van der Waals surface area contributed by atoms with Crippen molar-refractivity contribution in [3.05, 3.63) is 0 Å². The van der Waals surface area contributed by atoms with Crippen LogP contribution >= 0.6 is 0 Å². The molecule has 1 heterocycles. The summed E-state index contributed by atoms with van der Waals surface area (Å²) < 4.78 is 5.13. The fourth-order valence-corrected chi connectivity index (χ4v) is 2.07. The highest BCUT2D eigenvalue weighted by Gasteiger charge is 2.47. The van der Waals surface area contributed by atoms with Crippen LogP contribution in [0.1, 0.15) is 34.1 Å².